The zero-order chi connectivity index (χ0) is 12.4. The van der Waals surface area contributed by atoms with E-state index in [1.807, 2.05) is 36.4 Å². The lowest BCUT2D eigenvalue weighted by Crippen LogP contribution is -2.17. The van der Waals surface area contributed by atoms with Crippen LogP contribution in [0.25, 0.3) is 0 Å². The highest BCUT2D eigenvalue weighted by Crippen LogP contribution is 2.32. The van der Waals surface area contributed by atoms with Gasteiger partial charge in [0.15, 0.2) is 0 Å². The number of hydrogen-bond acceptors (Lipinski definition) is 2. The number of rotatable bonds is 2. The van der Waals surface area contributed by atoms with Crippen LogP contribution in [-0.2, 0) is 6.42 Å². The summed E-state index contributed by atoms with van der Waals surface area (Å²) in [7, 11) is 0. The maximum atomic E-state index is 6.15. The molecule has 2 aromatic rings. The third-order valence-electron chi connectivity index (χ3n) is 3.46. The first kappa shape index (κ1) is 11.3. The normalized spacial score (nSPS) is 18.2. The molecule has 0 radical (unpaired) electrons. The smallest absolute Gasteiger partial charge is 0.127 e. The molecule has 0 saturated carbocycles. The highest BCUT2D eigenvalue weighted by atomic mass is 16.5. The van der Waals surface area contributed by atoms with E-state index in [0.29, 0.717) is 0 Å². The fourth-order valence-electron chi connectivity index (χ4n) is 2.50. The average molecular weight is 239 g/mol. The number of aryl methyl sites for hydroxylation is 1. The van der Waals surface area contributed by atoms with Crippen LogP contribution in [-0.4, -0.2) is 0 Å². The van der Waals surface area contributed by atoms with Gasteiger partial charge in [0.1, 0.15) is 11.5 Å². The van der Waals surface area contributed by atoms with Crippen LogP contribution in [0.3, 0.4) is 0 Å². The number of para-hydroxylation sites is 1. The molecule has 2 N–H and O–H groups in total. The summed E-state index contributed by atoms with van der Waals surface area (Å²) in [6.07, 6.45) is 3.39. The Morgan fingerprint density at radius 1 is 1.00 bits per heavy atom. The average Bonchev–Trinajstić information content (AvgIpc) is 2.41. The van der Waals surface area contributed by atoms with Crippen molar-refractivity contribution in [2.24, 2.45) is 5.73 Å². The van der Waals surface area contributed by atoms with E-state index in [0.717, 1.165) is 24.3 Å². The SMILES string of the molecule is NC1CCCc2ccc(Oc3ccccc3)cc21. The second kappa shape index (κ2) is 4.83. The summed E-state index contributed by atoms with van der Waals surface area (Å²) < 4.78 is 5.84. The van der Waals surface area contributed by atoms with Crippen molar-refractivity contribution < 1.29 is 4.74 Å². The second-order valence-corrected chi connectivity index (χ2v) is 4.77. The summed E-state index contributed by atoms with van der Waals surface area (Å²) >= 11 is 0. The molecule has 0 aromatic heterocycles. The van der Waals surface area contributed by atoms with E-state index in [2.05, 4.69) is 12.1 Å². The van der Waals surface area contributed by atoms with E-state index in [1.165, 1.54) is 17.5 Å². The molecule has 1 aliphatic rings. The van der Waals surface area contributed by atoms with Crippen molar-refractivity contribution in [3.63, 3.8) is 0 Å². The molecule has 0 amide bonds. The molecular weight excluding hydrogens is 222 g/mol. The molecule has 2 aromatic carbocycles. The number of ether oxygens (including phenoxy) is 1. The molecule has 3 rings (SSSR count). The minimum Gasteiger partial charge on any atom is -0.457 e. The second-order valence-electron chi connectivity index (χ2n) is 4.77. The fraction of sp³-hybridized carbons (Fsp3) is 0.250. The largest absolute Gasteiger partial charge is 0.457 e. The van der Waals surface area contributed by atoms with Crippen molar-refractivity contribution in [2.75, 3.05) is 0 Å². The van der Waals surface area contributed by atoms with Gasteiger partial charge in [0, 0.05) is 6.04 Å². The van der Waals surface area contributed by atoms with Crippen LogP contribution in [0.5, 0.6) is 11.5 Å². The van der Waals surface area contributed by atoms with Crippen LogP contribution in [0.1, 0.15) is 30.0 Å². The first-order chi connectivity index (χ1) is 8.83. The van der Waals surface area contributed by atoms with Gasteiger partial charge in [-0.25, -0.2) is 0 Å². The van der Waals surface area contributed by atoms with Gasteiger partial charge in [-0.2, -0.15) is 0 Å². The molecule has 0 bridgehead atoms. The molecule has 0 fully saturated rings. The Kier molecular flexibility index (Phi) is 3.03. The van der Waals surface area contributed by atoms with Crippen molar-refractivity contribution in [1.82, 2.24) is 0 Å². The Morgan fingerprint density at radius 3 is 2.67 bits per heavy atom. The standard InChI is InChI=1S/C16H17NO/c17-16-8-4-5-12-9-10-14(11-15(12)16)18-13-6-2-1-3-7-13/h1-3,6-7,9-11,16H,4-5,8,17H2. The Morgan fingerprint density at radius 2 is 1.83 bits per heavy atom. The van der Waals surface area contributed by atoms with E-state index in [1.54, 1.807) is 0 Å². The lowest BCUT2D eigenvalue weighted by Gasteiger charge is -2.22. The molecule has 2 heteroatoms. The molecule has 92 valence electrons. The van der Waals surface area contributed by atoms with Crippen molar-refractivity contribution in [2.45, 2.75) is 25.3 Å². The number of fused-ring (bicyclic) bond motifs is 1. The molecule has 2 nitrogen and oxygen atoms in total. The summed E-state index contributed by atoms with van der Waals surface area (Å²) in [4.78, 5) is 0. The van der Waals surface area contributed by atoms with Gasteiger partial charge in [0.25, 0.3) is 0 Å². The zero-order valence-electron chi connectivity index (χ0n) is 10.3. The van der Waals surface area contributed by atoms with Gasteiger partial charge in [-0.15, -0.1) is 0 Å². The first-order valence-corrected chi connectivity index (χ1v) is 6.44. The van der Waals surface area contributed by atoms with E-state index in [4.69, 9.17) is 10.5 Å². The van der Waals surface area contributed by atoms with Crippen LogP contribution in [0.2, 0.25) is 0 Å². The molecule has 18 heavy (non-hydrogen) atoms. The van der Waals surface area contributed by atoms with Gasteiger partial charge in [-0.3, -0.25) is 0 Å². The molecule has 1 unspecified atom stereocenters. The fourth-order valence-corrected chi connectivity index (χ4v) is 2.50. The highest BCUT2D eigenvalue weighted by Gasteiger charge is 2.17. The monoisotopic (exact) mass is 239 g/mol. The van der Waals surface area contributed by atoms with Crippen molar-refractivity contribution >= 4 is 0 Å². The molecule has 0 spiro atoms. The van der Waals surface area contributed by atoms with E-state index in [9.17, 15) is 0 Å². The molecule has 0 saturated heterocycles. The minimum atomic E-state index is 0.160. The maximum Gasteiger partial charge on any atom is 0.127 e. The van der Waals surface area contributed by atoms with Gasteiger partial charge in [0.2, 0.25) is 0 Å². The third kappa shape index (κ3) is 2.24. The third-order valence-corrected chi connectivity index (χ3v) is 3.46. The number of benzene rings is 2. The summed E-state index contributed by atoms with van der Waals surface area (Å²) in [5.41, 5.74) is 8.77. The van der Waals surface area contributed by atoms with Gasteiger partial charge < -0.3 is 10.5 Å². The lowest BCUT2D eigenvalue weighted by molar-refractivity contribution is 0.478. The topological polar surface area (TPSA) is 35.2 Å². The Balaban J connectivity index is 1.88. The van der Waals surface area contributed by atoms with Crippen LogP contribution < -0.4 is 10.5 Å². The highest BCUT2D eigenvalue weighted by molar-refractivity contribution is 5.41. The molecular formula is C16H17NO. The Labute approximate surface area is 107 Å². The zero-order valence-corrected chi connectivity index (χ0v) is 10.3. The van der Waals surface area contributed by atoms with Crippen LogP contribution in [0.15, 0.2) is 48.5 Å². The molecule has 0 heterocycles. The summed E-state index contributed by atoms with van der Waals surface area (Å²) in [5, 5.41) is 0. The van der Waals surface area contributed by atoms with Crippen LogP contribution in [0.4, 0.5) is 0 Å². The van der Waals surface area contributed by atoms with Crippen molar-refractivity contribution in [3.8, 4) is 11.5 Å². The molecule has 1 atom stereocenters. The summed E-state index contributed by atoms with van der Waals surface area (Å²) in [6.45, 7) is 0. The number of hydrogen-bond donors (Lipinski definition) is 1. The van der Waals surface area contributed by atoms with Crippen molar-refractivity contribution in [1.29, 1.82) is 0 Å². The summed E-state index contributed by atoms with van der Waals surface area (Å²) in [5.74, 6) is 1.74. The van der Waals surface area contributed by atoms with Gasteiger partial charge in [-0.1, -0.05) is 24.3 Å². The van der Waals surface area contributed by atoms with E-state index < -0.39 is 0 Å². The maximum absolute atomic E-state index is 6.15. The Hall–Kier alpha value is -1.80. The Bertz CT molecular complexity index is 536. The van der Waals surface area contributed by atoms with Crippen molar-refractivity contribution in [3.05, 3.63) is 59.7 Å². The van der Waals surface area contributed by atoms with E-state index in [-0.39, 0.29) is 6.04 Å². The van der Waals surface area contributed by atoms with Crippen LogP contribution in [0, 0.1) is 0 Å². The van der Waals surface area contributed by atoms with Gasteiger partial charge in [-0.05, 0) is 54.7 Å². The predicted molar refractivity (Wildman–Crippen MR) is 72.8 cm³/mol. The van der Waals surface area contributed by atoms with Crippen LogP contribution >= 0.6 is 0 Å². The van der Waals surface area contributed by atoms with E-state index >= 15 is 0 Å². The van der Waals surface area contributed by atoms with Gasteiger partial charge in [0.05, 0.1) is 0 Å². The lowest BCUT2D eigenvalue weighted by atomic mass is 9.88. The first-order valence-electron chi connectivity index (χ1n) is 6.44. The number of nitrogens with two attached hydrogens (primary N) is 1. The predicted octanol–water partition coefficient (Wildman–Crippen LogP) is 3.82. The van der Waals surface area contributed by atoms with Gasteiger partial charge >= 0.3 is 0 Å². The summed E-state index contributed by atoms with van der Waals surface area (Å²) in [6, 6.07) is 16.3. The molecule has 0 aliphatic heterocycles. The minimum absolute atomic E-state index is 0.160. The molecule has 1 aliphatic carbocycles. The quantitative estimate of drug-likeness (QED) is 0.864.